The summed E-state index contributed by atoms with van der Waals surface area (Å²) in [6.07, 6.45) is 4.72. The van der Waals surface area contributed by atoms with Gasteiger partial charge >= 0.3 is 6.09 Å². The number of hydrogen-bond acceptors (Lipinski definition) is 10. The lowest BCUT2D eigenvalue weighted by atomic mass is 9.86. The average Bonchev–Trinajstić information content (AvgIpc) is 3.54. The Balaban J connectivity index is 1.52. The summed E-state index contributed by atoms with van der Waals surface area (Å²) in [5.74, 6) is 0.531. The van der Waals surface area contributed by atoms with Crippen LogP contribution in [-0.4, -0.2) is 48.4 Å². The minimum absolute atomic E-state index is 0.0912. The number of anilines is 2. The molecule has 0 bridgehead atoms. The highest BCUT2D eigenvalue weighted by Crippen LogP contribution is 2.40. The van der Waals surface area contributed by atoms with E-state index in [0.29, 0.717) is 16.4 Å². The molecule has 0 aliphatic heterocycles. The van der Waals surface area contributed by atoms with Crippen molar-refractivity contribution in [1.29, 1.82) is 0 Å². The Morgan fingerprint density at radius 3 is 2.49 bits per heavy atom. The summed E-state index contributed by atoms with van der Waals surface area (Å²) in [5.41, 5.74) is 1.23. The number of thiazole rings is 1. The Labute approximate surface area is 238 Å². The Kier molecular flexibility index (Phi) is 9.57. The first-order chi connectivity index (χ1) is 18.6. The number of sulfonamides is 1. The molecule has 13 heteroatoms. The average molecular weight is 593 g/mol. The van der Waals surface area contributed by atoms with Crippen LogP contribution in [0, 0.1) is 0 Å². The zero-order valence-corrected chi connectivity index (χ0v) is 25.3. The molecule has 3 aromatic rings. The van der Waals surface area contributed by atoms with Gasteiger partial charge in [-0.1, -0.05) is 38.2 Å². The highest BCUT2D eigenvalue weighted by molar-refractivity contribution is 7.89. The molecular weight excluding hydrogens is 557 g/mol. The van der Waals surface area contributed by atoms with E-state index < -0.39 is 10.0 Å². The number of carbonyl (C=O) groups excluding carboxylic acids is 1. The first kappa shape index (κ1) is 29.4. The fourth-order valence-electron chi connectivity index (χ4n) is 4.44. The predicted molar refractivity (Wildman–Crippen MR) is 155 cm³/mol. The standard InChI is InChI=1S/C26H36N6O4S3/c1-6-28-39(34,35)22-13-19(29-25-32-31-23(38-25)15(2)3)11-12-20(22)21-14-27-24(37-21)17-7-9-18(10-8-17)30-26(33)36-16(4)5/h11-18,28H,6-10H2,1-5H3,(H,29,32)(H,30,33)/t17-,18-. The zero-order valence-electron chi connectivity index (χ0n) is 22.9. The summed E-state index contributed by atoms with van der Waals surface area (Å²) < 4.78 is 34.2. The second-order valence-electron chi connectivity index (χ2n) is 10.1. The van der Waals surface area contributed by atoms with Crippen molar-refractivity contribution in [3.8, 4) is 10.4 Å². The number of nitrogens with one attached hydrogen (secondary N) is 3. The number of nitrogens with zero attached hydrogens (tertiary/aromatic N) is 3. The number of hydrogen-bond donors (Lipinski definition) is 3. The van der Waals surface area contributed by atoms with Crippen LogP contribution in [0.15, 0.2) is 29.3 Å². The van der Waals surface area contributed by atoms with Crippen LogP contribution in [0.25, 0.3) is 10.4 Å². The Hall–Kier alpha value is -2.61. The molecule has 1 saturated carbocycles. The Bertz CT molecular complexity index is 1380. The lowest BCUT2D eigenvalue weighted by Crippen LogP contribution is -2.38. The largest absolute Gasteiger partial charge is 0.447 e. The van der Waals surface area contributed by atoms with E-state index in [0.717, 1.165) is 40.6 Å². The first-order valence-electron chi connectivity index (χ1n) is 13.2. The molecule has 1 aliphatic carbocycles. The minimum atomic E-state index is -3.75. The maximum absolute atomic E-state index is 13.2. The monoisotopic (exact) mass is 592 g/mol. The van der Waals surface area contributed by atoms with Gasteiger partial charge in [-0.15, -0.1) is 21.5 Å². The van der Waals surface area contributed by atoms with Crippen molar-refractivity contribution >= 4 is 49.6 Å². The van der Waals surface area contributed by atoms with Crippen molar-refractivity contribution in [3.05, 3.63) is 34.4 Å². The van der Waals surface area contributed by atoms with Gasteiger partial charge in [0.25, 0.3) is 0 Å². The summed E-state index contributed by atoms with van der Waals surface area (Å²) in [5, 5.41) is 17.0. The van der Waals surface area contributed by atoms with Gasteiger partial charge in [0.1, 0.15) is 5.01 Å². The molecule has 2 aromatic heterocycles. The van der Waals surface area contributed by atoms with Crippen molar-refractivity contribution in [2.75, 3.05) is 11.9 Å². The lowest BCUT2D eigenvalue weighted by molar-refractivity contribution is 0.109. The fourth-order valence-corrected chi connectivity index (χ4v) is 7.68. The van der Waals surface area contributed by atoms with Crippen LogP contribution in [0.5, 0.6) is 0 Å². The van der Waals surface area contributed by atoms with Crippen molar-refractivity contribution in [2.24, 2.45) is 0 Å². The smallest absolute Gasteiger partial charge is 0.407 e. The second-order valence-corrected chi connectivity index (χ2v) is 14.0. The van der Waals surface area contributed by atoms with Gasteiger partial charge in [0.2, 0.25) is 15.2 Å². The molecule has 4 rings (SSSR count). The molecule has 0 unspecified atom stereocenters. The number of benzene rings is 1. The van der Waals surface area contributed by atoms with Crippen molar-refractivity contribution in [2.45, 2.75) is 89.2 Å². The molecule has 0 spiro atoms. The van der Waals surface area contributed by atoms with E-state index >= 15 is 0 Å². The number of aromatic nitrogens is 3. The highest BCUT2D eigenvalue weighted by atomic mass is 32.2. The van der Waals surface area contributed by atoms with Gasteiger partial charge in [0.05, 0.1) is 20.9 Å². The molecule has 3 N–H and O–H groups in total. The molecule has 2 heterocycles. The third kappa shape index (κ3) is 7.53. The molecule has 39 heavy (non-hydrogen) atoms. The van der Waals surface area contributed by atoms with Crippen molar-refractivity contribution in [3.63, 3.8) is 0 Å². The van der Waals surface area contributed by atoms with Crippen LogP contribution in [0.1, 0.15) is 82.2 Å². The normalized spacial score (nSPS) is 17.9. The topological polar surface area (TPSA) is 135 Å². The molecule has 1 fully saturated rings. The van der Waals surface area contributed by atoms with Gasteiger partial charge in [-0.2, -0.15) is 0 Å². The maximum atomic E-state index is 13.2. The van der Waals surface area contributed by atoms with Gasteiger partial charge in [-0.25, -0.2) is 22.9 Å². The summed E-state index contributed by atoms with van der Waals surface area (Å²) in [7, 11) is -3.75. The summed E-state index contributed by atoms with van der Waals surface area (Å²) in [4.78, 5) is 17.6. The molecule has 1 aromatic carbocycles. The third-order valence-corrected chi connectivity index (χ3v) is 10.2. The van der Waals surface area contributed by atoms with Crippen molar-refractivity contribution in [1.82, 2.24) is 25.2 Å². The number of rotatable bonds is 10. The number of amides is 1. The maximum Gasteiger partial charge on any atom is 0.407 e. The van der Waals surface area contributed by atoms with Crippen LogP contribution in [0.4, 0.5) is 15.6 Å². The van der Waals surface area contributed by atoms with Gasteiger partial charge in [0, 0.05) is 41.9 Å². The summed E-state index contributed by atoms with van der Waals surface area (Å²) >= 11 is 2.97. The molecule has 10 nitrogen and oxygen atoms in total. The van der Waals surface area contributed by atoms with Gasteiger partial charge in [-0.3, -0.25) is 0 Å². The van der Waals surface area contributed by atoms with E-state index in [9.17, 15) is 13.2 Å². The van der Waals surface area contributed by atoms with E-state index in [1.165, 1.54) is 22.7 Å². The molecule has 212 valence electrons. The molecule has 0 atom stereocenters. The highest BCUT2D eigenvalue weighted by Gasteiger charge is 2.27. The van der Waals surface area contributed by atoms with Crippen LogP contribution >= 0.6 is 22.7 Å². The SMILES string of the molecule is CCNS(=O)(=O)c1cc(Nc2nnc(C(C)C)s2)ccc1-c1cnc([C@H]2CC[C@H](NC(=O)OC(C)C)CC2)s1. The van der Waals surface area contributed by atoms with Gasteiger partial charge in [0.15, 0.2) is 0 Å². The Morgan fingerprint density at radius 1 is 1.10 bits per heavy atom. The quantitative estimate of drug-likeness (QED) is 0.261. The number of alkyl carbamates (subject to hydrolysis) is 1. The van der Waals surface area contributed by atoms with Crippen LogP contribution < -0.4 is 15.4 Å². The van der Waals surface area contributed by atoms with Crippen molar-refractivity contribution < 1.29 is 17.9 Å². The van der Waals surface area contributed by atoms with Gasteiger partial charge < -0.3 is 15.4 Å². The van der Waals surface area contributed by atoms with E-state index in [2.05, 4.69) is 44.4 Å². The zero-order chi connectivity index (χ0) is 28.2. The predicted octanol–water partition coefficient (Wildman–Crippen LogP) is 5.99. The van der Waals surface area contributed by atoms with Gasteiger partial charge in [-0.05, 0) is 51.7 Å². The lowest BCUT2D eigenvalue weighted by Gasteiger charge is -2.28. The fraction of sp³-hybridized carbons (Fsp3) is 0.538. The molecule has 1 amide bonds. The molecule has 1 aliphatic rings. The third-order valence-electron chi connectivity index (χ3n) is 6.32. The molecule has 0 saturated heterocycles. The number of ether oxygens (including phenoxy) is 1. The van der Waals surface area contributed by atoms with E-state index in [-0.39, 0.29) is 41.5 Å². The molecular formula is C26H36N6O4S3. The second kappa shape index (κ2) is 12.7. The number of carbonyl (C=O) groups is 1. The molecule has 0 radical (unpaired) electrons. The van der Waals surface area contributed by atoms with E-state index in [4.69, 9.17) is 4.74 Å². The summed E-state index contributed by atoms with van der Waals surface area (Å²) in [6.45, 7) is 9.80. The first-order valence-corrected chi connectivity index (χ1v) is 16.3. The van der Waals surface area contributed by atoms with Crippen LogP contribution in [0.2, 0.25) is 0 Å². The van der Waals surface area contributed by atoms with E-state index in [1.54, 1.807) is 19.2 Å². The summed E-state index contributed by atoms with van der Waals surface area (Å²) in [6, 6.07) is 5.39. The van der Waals surface area contributed by atoms with Crippen LogP contribution in [0.3, 0.4) is 0 Å². The minimum Gasteiger partial charge on any atom is -0.447 e. The van der Waals surface area contributed by atoms with E-state index in [1.807, 2.05) is 26.0 Å². The Morgan fingerprint density at radius 2 is 1.85 bits per heavy atom. The van der Waals surface area contributed by atoms with Crippen LogP contribution in [-0.2, 0) is 14.8 Å².